The number of aryl methyl sites for hydroxylation is 1. The first-order valence-corrected chi connectivity index (χ1v) is 8.45. The predicted octanol–water partition coefficient (Wildman–Crippen LogP) is 3.63. The molecule has 2 aromatic rings. The zero-order valence-electron chi connectivity index (χ0n) is 14.3. The minimum Gasteiger partial charge on any atom is -0.394 e. The van der Waals surface area contributed by atoms with Crippen molar-refractivity contribution in [1.82, 2.24) is 15.1 Å². The highest BCUT2D eigenvalue weighted by atomic mass is 35.5. The average molecular weight is 336 g/mol. The van der Waals surface area contributed by atoms with Crippen molar-refractivity contribution < 1.29 is 5.11 Å². The largest absolute Gasteiger partial charge is 0.394 e. The van der Waals surface area contributed by atoms with Crippen LogP contribution in [-0.4, -0.2) is 21.5 Å². The summed E-state index contributed by atoms with van der Waals surface area (Å²) in [5.74, 6) is 0.419. The molecule has 23 heavy (non-hydrogen) atoms. The lowest BCUT2D eigenvalue weighted by atomic mass is 9.95. The smallest absolute Gasteiger partial charge is 0.0644 e. The van der Waals surface area contributed by atoms with E-state index < -0.39 is 0 Å². The third-order valence-electron chi connectivity index (χ3n) is 4.25. The maximum absolute atomic E-state index is 9.12. The van der Waals surface area contributed by atoms with E-state index in [0.717, 1.165) is 28.5 Å². The molecular formula is C18H26ClN3O. The normalized spacial score (nSPS) is 12.8. The van der Waals surface area contributed by atoms with Gasteiger partial charge in [-0.15, -0.1) is 0 Å². The number of benzene rings is 1. The van der Waals surface area contributed by atoms with E-state index in [1.54, 1.807) is 0 Å². The summed E-state index contributed by atoms with van der Waals surface area (Å²) >= 11 is 6.37. The highest BCUT2D eigenvalue weighted by molar-refractivity contribution is 6.31. The molecule has 0 saturated heterocycles. The van der Waals surface area contributed by atoms with Gasteiger partial charge in [-0.05, 0) is 31.4 Å². The standard InChI is InChI=1S/C18H26ClN3O/c1-12(2)18(15-7-5-6-8-17(15)19)20-11-16-13(3)21-22(9-10-23)14(16)4/h5-8,12,18,20,23H,9-11H2,1-4H3. The fourth-order valence-electron chi connectivity index (χ4n) is 2.95. The molecule has 2 rings (SSSR count). The number of halogens is 1. The van der Waals surface area contributed by atoms with E-state index in [1.807, 2.05) is 36.7 Å². The van der Waals surface area contributed by atoms with Gasteiger partial charge in [0.1, 0.15) is 0 Å². The molecular weight excluding hydrogens is 310 g/mol. The van der Waals surface area contributed by atoms with E-state index in [-0.39, 0.29) is 12.6 Å². The lowest BCUT2D eigenvalue weighted by Crippen LogP contribution is -2.26. The van der Waals surface area contributed by atoms with Gasteiger partial charge < -0.3 is 10.4 Å². The van der Waals surface area contributed by atoms with Gasteiger partial charge in [0.2, 0.25) is 0 Å². The van der Waals surface area contributed by atoms with Crippen molar-refractivity contribution in [2.45, 2.75) is 46.8 Å². The maximum atomic E-state index is 9.12. The van der Waals surface area contributed by atoms with Crippen LogP contribution < -0.4 is 5.32 Å². The molecule has 0 radical (unpaired) electrons. The van der Waals surface area contributed by atoms with Gasteiger partial charge in [0, 0.05) is 28.9 Å². The van der Waals surface area contributed by atoms with Crippen molar-refractivity contribution in [3.63, 3.8) is 0 Å². The van der Waals surface area contributed by atoms with Gasteiger partial charge in [-0.3, -0.25) is 4.68 Å². The first kappa shape index (κ1) is 18.0. The van der Waals surface area contributed by atoms with Crippen molar-refractivity contribution in [3.05, 3.63) is 51.8 Å². The van der Waals surface area contributed by atoms with Gasteiger partial charge in [0.25, 0.3) is 0 Å². The molecule has 126 valence electrons. The van der Waals surface area contributed by atoms with Crippen LogP contribution in [0.1, 0.15) is 42.4 Å². The van der Waals surface area contributed by atoms with Crippen LogP contribution in [0, 0.1) is 19.8 Å². The summed E-state index contributed by atoms with van der Waals surface area (Å²) in [6.07, 6.45) is 0. The Balaban J connectivity index is 2.19. The van der Waals surface area contributed by atoms with Crippen LogP contribution in [0.5, 0.6) is 0 Å². The Hall–Kier alpha value is -1.36. The summed E-state index contributed by atoms with van der Waals surface area (Å²) in [7, 11) is 0. The predicted molar refractivity (Wildman–Crippen MR) is 94.7 cm³/mol. The molecule has 5 heteroatoms. The third-order valence-corrected chi connectivity index (χ3v) is 4.59. The first-order valence-electron chi connectivity index (χ1n) is 8.07. The Kier molecular flexibility index (Phi) is 6.22. The number of aliphatic hydroxyl groups excluding tert-OH is 1. The van der Waals surface area contributed by atoms with E-state index in [2.05, 4.69) is 30.3 Å². The van der Waals surface area contributed by atoms with Crippen molar-refractivity contribution in [2.75, 3.05) is 6.61 Å². The molecule has 1 aromatic heterocycles. The van der Waals surface area contributed by atoms with E-state index in [9.17, 15) is 0 Å². The van der Waals surface area contributed by atoms with Crippen LogP contribution in [0.2, 0.25) is 5.02 Å². The fraction of sp³-hybridized carbons (Fsp3) is 0.500. The number of hydrogen-bond acceptors (Lipinski definition) is 3. The Labute approximate surface area is 143 Å². The molecule has 0 aliphatic rings. The molecule has 1 heterocycles. The number of nitrogens with zero attached hydrogens (tertiary/aromatic N) is 2. The zero-order chi connectivity index (χ0) is 17.0. The number of rotatable bonds is 7. The lowest BCUT2D eigenvalue weighted by molar-refractivity contribution is 0.267. The minimum absolute atomic E-state index is 0.100. The van der Waals surface area contributed by atoms with E-state index in [0.29, 0.717) is 12.5 Å². The Morgan fingerprint density at radius 3 is 2.57 bits per heavy atom. The molecule has 4 nitrogen and oxygen atoms in total. The summed E-state index contributed by atoms with van der Waals surface area (Å²) in [6.45, 7) is 9.81. The molecule has 1 aromatic carbocycles. The lowest BCUT2D eigenvalue weighted by Gasteiger charge is -2.24. The van der Waals surface area contributed by atoms with Crippen molar-refractivity contribution in [1.29, 1.82) is 0 Å². The minimum atomic E-state index is 0.100. The van der Waals surface area contributed by atoms with E-state index in [1.165, 1.54) is 5.56 Å². The number of hydrogen-bond donors (Lipinski definition) is 2. The molecule has 0 aliphatic carbocycles. The zero-order valence-corrected chi connectivity index (χ0v) is 15.1. The van der Waals surface area contributed by atoms with Gasteiger partial charge in [-0.1, -0.05) is 43.6 Å². The number of nitrogens with one attached hydrogen (secondary N) is 1. The fourth-order valence-corrected chi connectivity index (χ4v) is 3.20. The van der Waals surface area contributed by atoms with Crippen molar-refractivity contribution in [3.8, 4) is 0 Å². The summed E-state index contributed by atoms with van der Waals surface area (Å²) in [4.78, 5) is 0. The highest BCUT2D eigenvalue weighted by Crippen LogP contribution is 2.28. The van der Waals surface area contributed by atoms with Crippen LogP contribution in [0.3, 0.4) is 0 Å². The quantitative estimate of drug-likeness (QED) is 0.812. The molecule has 0 saturated carbocycles. The highest BCUT2D eigenvalue weighted by Gasteiger charge is 2.19. The third kappa shape index (κ3) is 4.14. The van der Waals surface area contributed by atoms with E-state index in [4.69, 9.17) is 16.7 Å². The summed E-state index contributed by atoms with van der Waals surface area (Å²) < 4.78 is 1.87. The summed E-state index contributed by atoms with van der Waals surface area (Å²) in [6, 6.07) is 8.17. The van der Waals surface area contributed by atoms with Gasteiger partial charge >= 0.3 is 0 Å². The molecule has 1 atom stereocenters. The van der Waals surface area contributed by atoms with Gasteiger partial charge in [0.15, 0.2) is 0 Å². The monoisotopic (exact) mass is 335 g/mol. The average Bonchev–Trinajstić information content (AvgIpc) is 2.76. The second-order valence-corrected chi connectivity index (χ2v) is 6.63. The second-order valence-electron chi connectivity index (χ2n) is 6.22. The molecule has 2 N–H and O–H groups in total. The Bertz CT molecular complexity index is 652. The maximum Gasteiger partial charge on any atom is 0.0644 e. The molecule has 0 fully saturated rings. The number of aliphatic hydroxyl groups is 1. The molecule has 0 amide bonds. The second kappa shape index (κ2) is 7.95. The molecule has 1 unspecified atom stereocenters. The van der Waals surface area contributed by atoms with Gasteiger partial charge in [-0.2, -0.15) is 5.10 Å². The van der Waals surface area contributed by atoms with Crippen LogP contribution in [-0.2, 0) is 13.1 Å². The van der Waals surface area contributed by atoms with Crippen molar-refractivity contribution in [2.24, 2.45) is 5.92 Å². The molecule has 0 bridgehead atoms. The Morgan fingerprint density at radius 2 is 1.96 bits per heavy atom. The first-order chi connectivity index (χ1) is 11.0. The van der Waals surface area contributed by atoms with Crippen LogP contribution in [0.4, 0.5) is 0 Å². The van der Waals surface area contributed by atoms with Crippen LogP contribution in [0.15, 0.2) is 24.3 Å². The van der Waals surface area contributed by atoms with Crippen LogP contribution >= 0.6 is 11.6 Å². The molecule has 0 spiro atoms. The topological polar surface area (TPSA) is 50.1 Å². The Morgan fingerprint density at radius 1 is 1.26 bits per heavy atom. The van der Waals surface area contributed by atoms with Gasteiger partial charge in [-0.25, -0.2) is 0 Å². The van der Waals surface area contributed by atoms with Gasteiger partial charge in [0.05, 0.1) is 18.8 Å². The van der Waals surface area contributed by atoms with Crippen molar-refractivity contribution >= 4 is 11.6 Å². The molecule has 0 aliphatic heterocycles. The SMILES string of the molecule is Cc1nn(CCO)c(C)c1CNC(c1ccccc1Cl)C(C)C. The van der Waals surface area contributed by atoms with Crippen LogP contribution in [0.25, 0.3) is 0 Å². The van der Waals surface area contributed by atoms with E-state index >= 15 is 0 Å². The number of aromatic nitrogens is 2. The summed E-state index contributed by atoms with van der Waals surface area (Å²) in [5, 5.41) is 18.1. The summed E-state index contributed by atoms with van der Waals surface area (Å²) in [5.41, 5.74) is 4.43.